The van der Waals surface area contributed by atoms with Crippen LogP contribution in [-0.4, -0.2) is 23.7 Å². The molecule has 0 saturated heterocycles. The van der Waals surface area contributed by atoms with Crippen LogP contribution in [0.1, 0.15) is 11.6 Å². The molecule has 0 spiro atoms. The second-order valence-corrected chi connectivity index (χ2v) is 4.83. The number of halogens is 4. The van der Waals surface area contributed by atoms with E-state index in [9.17, 15) is 13.2 Å². The normalized spacial score (nSPS) is 13.6. The molecule has 1 aromatic carbocycles. The van der Waals surface area contributed by atoms with E-state index in [1.54, 1.807) is 0 Å². The summed E-state index contributed by atoms with van der Waals surface area (Å²) in [6.45, 7) is 0.274. The summed E-state index contributed by atoms with van der Waals surface area (Å²) in [5.41, 5.74) is -3.18. The van der Waals surface area contributed by atoms with Gasteiger partial charge in [0.15, 0.2) is 0 Å². The molecule has 1 aromatic rings. The van der Waals surface area contributed by atoms with E-state index in [1.165, 1.54) is 0 Å². The van der Waals surface area contributed by atoms with Gasteiger partial charge >= 0.3 is 5.51 Å². The monoisotopic (exact) mass is 283 g/mol. The van der Waals surface area contributed by atoms with Gasteiger partial charge in [-0.15, -0.1) is 11.6 Å². The largest absolute Gasteiger partial charge is 0.441 e. The molecular formula is C11H13ClF3NS. The predicted molar refractivity (Wildman–Crippen MR) is 66.4 cm³/mol. The molecule has 96 valence electrons. The van der Waals surface area contributed by atoms with Gasteiger partial charge in [0.05, 0.1) is 0 Å². The zero-order valence-electron chi connectivity index (χ0n) is 9.01. The van der Waals surface area contributed by atoms with E-state index in [0.29, 0.717) is 5.88 Å². The first kappa shape index (κ1) is 14.7. The number of benzene rings is 1. The average molecular weight is 284 g/mol. The van der Waals surface area contributed by atoms with Crippen LogP contribution in [-0.2, 0) is 0 Å². The van der Waals surface area contributed by atoms with Gasteiger partial charge in [0.2, 0.25) is 0 Å². The Morgan fingerprint density at radius 1 is 1.24 bits per heavy atom. The van der Waals surface area contributed by atoms with Gasteiger partial charge in [0.25, 0.3) is 0 Å². The van der Waals surface area contributed by atoms with Crippen LogP contribution in [0.3, 0.4) is 0 Å². The molecule has 0 fully saturated rings. The molecule has 0 aliphatic carbocycles. The molecule has 1 atom stereocenters. The highest BCUT2D eigenvalue weighted by Crippen LogP contribution is 2.29. The van der Waals surface area contributed by atoms with Gasteiger partial charge in [-0.25, -0.2) is 0 Å². The van der Waals surface area contributed by atoms with Gasteiger partial charge < -0.3 is 5.32 Å². The molecular weight excluding hydrogens is 271 g/mol. The zero-order valence-corrected chi connectivity index (χ0v) is 10.6. The molecule has 1 unspecified atom stereocenters. The Bertz CT molecular complexity index is 318. The molecule has 0 radical (unpaired) electrons. The lowest BCUT2D eigenvalue weighted by Crippen LogP contribution is -2.25. The van der Waals surface area contributed by atoms with Crippen molar-refractivity contribution in [2.24, 2.45) is 0 Å². The molecule has 1 rings (SSSR count). The maximum absolute atomic E-state index is 11.9. The van der Waals surface area contributed by atoms with Crippen molar-refractivity contribution in [3.8, 4) is 0 Å². The summed E-state index contributed by atoms with van der Waals surface area (Å²) in [6, 6.07) is 9.33. The van der Waals surface area contributed by atoms with Crippen LogP contribution < -0.4 is 5.32 Å². The third-order valence-corrected chi connectivity index (χ3v) is 3.16. The van der Waals surface area contributed by atoms with Gasteiger partial charge in [0.1, 0.15) is 0 Å². The Labute approximate surface area is 108 Å². The molecule has 1 nitrogen and oxygen atoms in total. The quantitative estimate of drug-likeness (QED) is 0.629. The smallest absolute Gasteiger partial charge is 0.308 e. The summed E-state index contributed by atoms with van der Waals surface area (Å²) in [5, 5.41) is 3.01. The fraction of sp³-hybridized carbons (Fsp3) is 0.455. The first-order valence-electron chi connectivity index (χ1n) is 5.08. The van der Waals surface area contributed by atoms with Gasteiger partial charge in [-0.1, -0.05) is 30.3 Å². The standard InChI is InChI=1S/C11H13ClF3NS/c12-8-10(9-4-2-1-3-5-9)16-6-7-17-11(13,14)15/h1-5,10,16H,6-8H2. The molecule has 0 aromatic heterocycles. The summed E-state index contributed by atoms with van der Waals surface area (Å²) in [5.74, 6) is 0.324. The fourth-order valence-electron chi connectivity index (χ4n) is 1.35. The maximum Gasteiger partial charge on any atom is 0.441 e. The molecule has 1 N–H and O–H groups in total. The minimum Gasteiger partial charge on any atom is -0.308 e. The Balaban J connectivity index is 2.34. The van der Waals surface area contributed by atoms with E-state index in [2.05, 4.69) is 5.32 Å². The van der Waals surface area contributed by atoms with Crippen molar-refractivity contribution in [1.29, 1.82) is 0 Å². The van der Waals surface area contributed by atoms with E-state index in [1.807, 2.05) is 30.3 Å². The van der Waals surface area contributed by atoms with Crippen molar-refractivity contribution >= 4 is 23.4 Å². The third-order valence-electron chi connectivity index (χ3n) is 2.11. The molecule has 17 heavy (non-hydrogen) atoms. The Morgan fingerprint density at radius 2 is 1.88 bits per heavy atom. The van der Waals surface area contributed by atoms with E-state index >= 15 is 0 Å². The Hall–Kier alpha value is -0.390. The van der Waals surface area contributed by atoms with Crippen molar-refractivity contribution in [1.82, 2.24) is 5.32 Å². The molecule has 6 heteroatoms. The average Bonchev–Trinajstić information content (AvgIpc) is 2.29. The van der Waals surface area contributed by atoms with Crippen LogP contribution in [0, 0.1) is 0 Å². The molecule has 0 bridgehead atoms. The summed E-state index contributed by atoms with van der Waals surface area (Å²) in [4.78, 5) is 0. The van der Waals surface area contributed by atoms with Crippen molar-refractivity contribution in [3.63, 3.8) is 0 Å². The van der Waals surface area contributed by atoms with Gasteiger partial charge in [-0.3, -0.25) is 0 Å². The molecule has 0 aliphatic rings. The second-order valence-electron chi connectivity index (χ2n) is 3.37. The molecule has 0 saturated carbocycles. The number of nitrogens with one attached hydrogen (secondary N) is 1. The third kappa shape index (κ3) is 6.19. The highest BCUT2D eigenvalue weighted by atomic mass is 35.5. The van der Waals surface area contributed by atoms with Crippen LogP contribution in [0.15, 0.2) is 30.3 Å². The predicted octanol–water partition coefficient (Wildman–Crippen LogP) is 3.81. The molecule has 0 heterocycles. The maximum atomic E-state index is 11.9. The van der Waals surface area contributed by atoms with E-state index in [-0.39, 0.29) is 30.1 Å². The first-order valence-corrected chi connectivity index (χ1v) is 6.60. The number of thioether (sulfide) groups is 1. The highest BCUT2D eigenvalue weighted by molar-refractivity contribution is 8.00. The summed E-state index contributed by atoms with van der Waals surface area (Å²) >= 11 is 5.76. The minimum atomic E-state index is -4.16. The van der Waals surface area contributed by atoms with Gasteiger partial charge in [-0.2, -0.15) is 13.2 Å². The highest BCUT2D eigenvalue weighted by Gasteiger charge is 2.27. The van der Waals surface area contributed by atoms with Crippen LogP contribution in [0.5, 0.6) is 0 Å². The lowest BCUT2D eigenvalue weighted by atomic mass is 10.1. The van der Waals surface area contributed by atoms with Crippen molar-refractivity contribution in [3.05, 3.63) is 35.9 Å². The van der Waals surface area contributed by atoms with Crippen LogP contribution in [0.2, 0.25) is 0 Å². The van der Waals surface area contributed by atoms with Crippen molar-refractivity contribution < 1.29 is 13.2 Å². The van der Waals surface area contributed by atoms with Gasteiger partial charge in [-0.05, 0) is 17.3 Å². The molecule has 0 amide bonds. The Kier molecular flexibility index (Phi) is 6.16. The number of alkyl halides is 4. The Morgan fingerprint density at radius 3 is 2.41 bits per heavy atom. The number of hydrogen-bond acceptors (Lipinski definition) is 2. The van der Waals surface area contributed by atoms with Crippen LogP contribution in [0.4, 0.5) is 13.2 Å². The van der Waals surface area contributed by atoms with Gasteiger partial charge in [0, 0.05) is 24.2 Å². The lowest BCUT2D eigenvalue weighted by molar-refractivity contribution is -0.0327. The SMILES string of the molecule is FC(F)(F)SCCNC(CCl)c1ccccc1. The van der Waals surface area contributed by atoms with Crippen LogP contribution in [0.25, 0.3) is 0 Å². The zero-order chi connectivity index (χ0) is 12.7. The first-order chi connectivity index (χ1) is 8.03. The van der Waals surface area contributed by atoms with E-state index in [0.717, 1.165) is 5.56 Å². The minimum absolute atomic E-state index is 0.0102. The number of hydrogen-bond donors (Lipinski definition) is 1. The fourth-order valence-corrected chi connectivity index (χ4v) is 2.09. The van der Waals surface area contributed by atoms with E-state index in [4.69, 9.17) is 11.6 Å². The molecule has 0 aliphatic heterocycles. The lowest BCUT2D eigenvalue weighted by Gasteiger charge is -2.16. The summed E-state index contributed by atoms with van der Waals surface area (Å²) in [7, 11) is 0. The van der Waals surface area contributed by atoms with Crippen molar-refractivity contribution in [2.45, 2.75) is 11.6 Å². The second kappa shape index (κ2) is 7.13. The number of rotatable bonds is 6. The van der Waals surface area contributed by atoms with Crippen LogP contribution >= 0.6 is 23.4 Å². The topological polar surface area (TPSA) is 12.0 Å². The van der Waals surface area contributed by atoms with Crippen molar-refractivity contribution in [2.75, 3.05) is 18.2 Å². The summed E-state index contributed by atoms with van der Waals surface area (Å²) in [6.07, 6.45) is 0. The summed E-state index contributed by atoms with van der Waals surface area (Å²) < 4.78 is 35.7. The van der Waals surface area contributed by atoms with E-state index < -0.39 is 5.51 Å².